The Balaban J connectivity index is 1.54. The zero-order valence-electron chi connectivity index (χ0n) is 14.2. The number of rotatable bonds is 5. The van der Waals surface area contributed by atoms with Crippen LogP contribution in [0.4, 0.5) is 0 Å². The van der Waals surface area contributed by atoms with E-state index in [2.05, 4.69) is 0 Å². The van der Waals surface area contributed by atoms with Gasteiger partial charge in [-0.3, -0.25) is 24.1 Å². The molecule has 0 spiro atoms. The number of Topliss-reactive ketones (excluding diaryl/α,β-unsaturated/α-hetero) is 1. The van der Waals surface area contributed by atoms with Crippen LogP contribution in [0.5, 0.6) is 5.75 Å². The van der Waals surface area contributed by atoms with E-state index < -0.39 is 5.97 Å². The molecule has 0 N–H and O–H groups in total. The summed E-state index contributed by atoms with van der Waals surface area (Å²) in [4.78, 5) is 49.1. The van der Waals surface area contributed by atoms with Crippen molar-refractivity contribution in [2.45, 2.75) is 39.0 Å². The quantitative estimate of drug-likeness (QED) is 0.355. The van der Waals surface area contributed by atoms with Gasteiger partial charge in [-0.15, -0.1) is 0 Å². The lowest BCUT2D eigenvalue weighted by Gasteiger charge is -2.19. The number of esters is 1. The maximum absolute atomic E-state index is 12.3. The molecule has 1 saturated carbocycles. The number of ketones is 1. The lowest BCUT2D eigenvalue weighted by Crippen LogP contribution is -2.33. The lowest BCUT2D eigenvalue weighted by atomic mass is 9.81. The normalized spacial score (nSPS) is 22.7. The standard InChI is InChI=1S/C19H21NO5/c1-12(21)13-6-8-14(9-7-13)25-17(22)10-11-20-18(23)15-4-2-3-5-16(15)19(20)24/h6-9,15-16H,2-5,10-11H2,1H3/t15-,16-/m0/s1. The monoisotopic (exact) mass is 343 g/mol. The van der Waals surface area contributed by atoms with Gasteiger partial charge in [0, 0.05) is 12.1 Å². The molecule has 1 aromatic rings. The number of hydrogen-bond acceptors (Lipinski definition) is 5. The summed E-state index contributed by atoms with van der Waals surface area (Å²) in [5.74, 6) is -0.923. The number of amides is 2. The predicted octanol–water partition coefficient (Wildman–Crippen LogP) is 2.36. The van der Waals surface area contributed by atoms with Crippen LogP contribution in [0.3, 0.4) is 0 Å². The molecule has 2 aliphatic rings. The molecule has 0 aromatic heterocycles. The van der Waals surface area contributed by atoms with Crippen LogP contribution in [-0.2, 0) is 14.4 Å². The van der Waals surface area contributed by atoms with E-state index in [0.29, 0.717) is 11.3 Å². The summed E-state index contributed by atoms with van der Waals surface area (Å²) in [5.41, 5.74) is 0.538. The number of ether oxygens (including phenoxy) is 1. The van der Waals surface area contributed by atoms with Crippen LogP contribution in [0.25, 0.3) is 0 Å². The van der Waals surface area contributed by atoms with Crippen molar-refractivity contribution in [3.8, 4) is 5.75 Å². The molecular formula is C19H21NO5. The van der Waals surface area contributed by atoms with Crippen molar-refractivity contribution >= 4 is 23.6 Å². The van der Waals surface area contributed by atoms with Gasteiger partial charge in [0.2, 0.25) is 11.8 Å². The van der Waals surface area contributed by atoms with Crippen molar-refractivity contribution in [2.24, 2.45) is 11.8 Å². The molecule has 1 heterocycles. The van der Waals surface area contributed by atoms with Gasteiger partial charge in [-0.05, 0) is 44.0 Å². The van der Waals surface area contributed by atoms with Gasteiger partial charge in [0.1, 0.15) is 5.75 Å². The van der Waals surface area contributed by atoms with E-state index in [4.69, 9.17) is 4.74 Å². The Labute approximate surface area is 146 Å². The summed E-state index contributed by atoms with van der Waals surface area (Å²) >= 11 is 0. The van der Waals surface area contributed by atoms with Crippen LogP contribution in [0.1, 0.15) is 49.4 Å². The molecule has 0 radical (unpaired) electrons. The number of nitrogens with zero attached hydrogens (tertiary/aromatic N) is 1. The Morgan fingerprint density at radius 1 is 1.04 bits per heavy atom. The Kier molecular flexibility index (Phi) is 4.97. The summed E-state index contributed by atoms with van der Waals surface area (Å²) < 4.78 is 5.20. The fourth-order valence-corrected chi connectivity index (χ4v) is 3.59. The van der Waals surface area contributed by atoms with E-state index in [1.807, 2.05) is 0 Å². The minimum absolute atomic E-state index is 0.0363. The molecule has 6 nitrogen and oxygen atoms in total. The molecule has 2 atom stereocenters. The fourth-order valence-electron chi connectivity index (χ4n) is 3.59. The average molecular weight is 343 g/mol. The first-order valence-corrected chi connectivity index (χ1v) is 8.64. The fraction of sp³-hybridized carbons (Fsp3) is 0.474. The SMILES string of the molecule is CC(=O)c1ccc(OC(=O)CCN2C(=O)[C@H]3CCCC[C@@H]3C2=O)cc1. The van der Waals surface area contributed by atoms with Crippen LogP contribution in [0.15, 0.2) is 24.3 Å². The molecule has 6 heteroatoms. The highest BCUT2D eigenvalue weighted by molar-refractivity contribution is 6.05. The number of fused-ring (bicyclic) bond motifs is 1. The molecule has 3 rings (SSSR count). The Hall–Kier alpha value is -2.50. The Morgan fingerprint density at radius 3 is 2.12 bits per heavy atom. The van der Waals surface area contributed by atoms with Crippen LogP contribution in [0, 0.1) is 11.8 Å². The van der Waals surface area contributed by atoms with Crippen molar-refractivity contribution in [3.05, 3.63) is 29.8 Å². The maximum Gasteiger partial charge on any atom is 0.312 e. The largest absolute Gasteiger partial charge is 0.426 e. The first kappa shape index (κ1) is 17.3. The Bertz CT molecular complexity index is 685. The minimum atomic E-state index is -0.508. The van der Waals surface area contributed by atoms with E-state index in [9.17, 15) is 19.2 Å². The van der Waals surface area contributed by atoms with Crippen LogP contribution < -0.4 is 4.74 Å². The van der Waals surface area contributed by atoms with Crippen molar-refractivity contribution in [1.82, 2.24) is 4.90 Å². The third-order valence-corrected chi connectivity index (χ3v) is 4.96. The van der Waals surface area contributed by atoms with Gasteiger partial charge in [0.25, 0.3) is 0 Å². The van der Waals surface area contributed by atoms with Gasteiger partial charge in [0.05, 0.1) is 18.3 Å². The Morgan fingerprint density at radius 2 is 1.60 bits per heavy atom. The van der Waals surface area contributed by atoms with Crippen molar-refractivity contribution in [1.29, 1.82) is 0 Å². The van der Waals surface area contributed by atoms with E-state index in [1.165, 1.54) is 11.8 Å². The summed E-state index contributed by atoms with van der Waals surface area (Å²) in [6.07, 6.45) is 3.45. The zero-order chi connectivity index (χ0) is 18.0. The molecule has 1 saturated heterocycles. The third-order valence-electron chi connectivity index (χ3n) is 4.96. The molecule has 1 aliphatic heterocycles. The highest BCUT2D eigenvalue weighted by Gasteiger charge is 2.47. The summed E-state index contributed by atoms with van der Waals surface area (Å²) in [5, 5.41) is 0. The van der Waals surface area contributed by atoms with E-state index in [-0.39, 0.29) is 42.4 Å². The van der Waals surface area contributed by atoms with Gasteiger partial charge in [0.15, 0.2) is 5.78 Å². The van der Waals surface area contributed by atoms with Gasteiger partial charge in [-0.25, -0.2) is 0 Å². The van der Waals surface area contributed by atoms with Gasteiger partial charge < -0.3 is 4.74 Å². The summed E-state index contributed by atoms with van der Waals surface area (Å²) in [6, 6.07) is 6.27. The smallest absolute Gasteiger partial charge is 0.312 e. The van der Waals surface area contributed by atoms with Gasteiger partial charge >= 0.3 is 5.97 Å². The first-order chi connectivity index (χ1) is 12.0. The van der Waals surface area contributed by atoms with Crippen molar-refractivity contribution in [2.75, 3.05) is 6.54 Å². The van der Waals surface area contributed by atoms with E-state index in [0.717, 1.165) is 25.7 Å². The molecule has 132 valence electrons. The number of imide groups is 1. The molecular weight excluding hydrogens is 322 g/mol. The number of hydrogen-bond donors (Lipinski definition) is 0. The first-order valence-electron chi connectivity index (χ1n) is 8.64. The molecule has 0 bridgehead atoms. The van der Waals surface area contributed by atoms with Gasteiger partial charge in [-0.2, -0.15) is 0 Å². The van der Waals surface area contributed by atoms with Crippen molar-refractivity contribution in [3.63, 3.8) is 0 Å². The second kappa shape index (κ2) is 7.17. The number of benzene rings is 1. The van der Waals surface area contributed by atoms with Crippen LogP contribution in [0.2, 0.25) is 0 Å². The number of carbonyl (C=O) groups excluding carboxylic acids is 4. The molecule has 2 fully saturated rings. The molecule has 2 amide bonds. The highest BCUT2D eigenvalue weighted by atomic mass is 16.5. The van der Waals surface area contributed by atoms with Crippen LogP contribution in [-0.4, -0.2) is 35.0 Å². The molecule has 1 aromatic carbocycles. The highest BCUT2D eigenvalue weighted by Crippen LogP contribution is 2.37. The average Bonchev–Trinajstić information content (AvgIpc) is 2.85. The zero-order valence-corrected chi connectivity index (χ0v) is 14.2. The van der Waals surface area contributed by atoms with Crippen LogP contribution >= 0.6 is 0 Å². The lowest BCUT2D eigenvalue weighted by molar-refractivity contribution is -0.141. The second-order valence-corrected chi connectivity index (χ2v) is 6.63. The molecule has 0 unspecified atom stereocenters. The maximum atomic E-state index is 12.3. The minimum Gasteiger partial charge on any atom is -0.426 e. The van der Waals surface area contributed by atoms with E-state index >= 15 is 0 Å². The summed E-state index contributed by atoms with van der Waals surface area (Å²) in [7, 11) is 0. The van der Waals surface area contributed by atoms with E-state index in [1.54, 1.807) is 24.3 Å². The predicted molar refractivity (Wildman–Crippen MR) is 88.9 cm³/mol. The van der Waals surface area contributed by atoms with Gasteiger partial charge in [-0.1, -0.05) is 12.8 Å². The molecule has 1 aliphatic carbocycles. The molecule has 25 heavy (non-hydrogen) atoms. The van der Waals surface area contributed by atoms with Crippen molar-refractivity contribution < 1.29 is 23.9 Å². The summed E-state index contributed by atoms with van der Waals surface area (Å²) in [6.45, 7) is 1.53. The number of carbonyl (C=O) groups is 4. The third kappa shape index (κ3) is 3.62. The topological polar surface area (TPSA) is 80.8 Å². The number of likely N-dealkylation sites (tertiary alicyclic amines) is 1. The second-order valence-electron chi connectivity index (χ2n) is 6.63.